The second-order valence-corrected chi connectivity index (χ2v) is 9.91. The Labute approximate surface area is 239 Å². The third-order valence-electron chi connectivity index (χ3n) is 6.96. The minimum atomic E-state index is -0.877. The highest BCUT2D eigenvalue weighted by Gasteiger charge is 2.23. The van der Waals surface area contributed by atoms with Gasteiger partial charge in [-0.05, 0) is 24.6 Å². The van der Waals surface area contributed by atoms with E-state index in [1.165, 1.54) is 34.6 Å². The maximum atomic E-state index is 13.4. The summed E-state index contributed by atoms with van der Waals surface area (Å²) in [5.74, 6) is -0.625. The van der Waals surface area contributed by atoms with Gasteiger partial charge in [-0.1, -0.05) is 11.6 Å². The number of methoxy groups -OCH3 is 1. The van der Waals surface area contributed by atoms with Crippen molar-refractivity contribution in [3.05, 3.63) is 57.4 Å². The Kier molecular flexibility index (Phi) is 7.56. The number of amides is 2. The zero-order chi connectivity index (χ0) is 29.4. The number of benzene rings is 1. The molecular formula is C27H28ClN7O6. The maximum absolute atomic E-state index is 13.4. The molecule has 1 saturated heterocycles. The summed E-state index contributed by atoms with van der Waals surface area (Å²) >= 11 is 6.35. The van der Waals surface area contributed by atoms with Crippen LogP contribution in [0.2, 0.25) is 5.02 Å². The molecule has 5 rings (SSSR count). The smallest absolute Gasteiger partial charge is 0.263 e. The number of anilines is 2. The maximum Gasteiger partial charge on any atom is 0.263 e. The normalized spacial score (nSPS) is 13.4. The highest BCUT2D eigenvalue weighted by atomic mass is 35.5. The molecule has 1 fully saturated rings. The minimum Gasteiger partial charge on any atom is -0.504 e. The van der Waals surface area contributed by atoms with E-state index in [4.69, 9.17) is 26.8 Å². The molecule has 0 saturated carbocycles. The number of hydrogen-bond acceptors (Lipinski definition) is 9. The first-order valence-corrected chi connectivity index (χ1v) is 13.0. The summed E-state index contributed by atoms with van der Waals surface area (Å²) in [6.07, 6.45) is 3.07. The number of aromatic nitrogens is 4. The Balaban J connectivity index is 1.55. The summed E-state index contributed by atoms with van der Waals surface area (Å²) in [4.78, 5) is 49.7. The van der Waals surface area contributed by atoms with Crippen LogP contribution in [-0.2, 0) is 23.1 Å². The number of nitrogens with one attached hydrogen (secondary N) is 1. The summed E-state index contributed by atoms with van der Waals surface area (Å²) < 4.78 is 13.5. The van der Waals surface area contributed by atoms with Gasteiger partial charge in [-0.25, -0.2) is 9.97 Å². The molecule has 0 atom stereocenters. The highest BCUT2D eigenvalue weighted by molar-refractivity contribution is 6.33. The fraction of sp³-hybridized carbons (Fsp3) is 0.296. The van der Waals surface area contributed by atoms with Crippen molar-refractivity contribution in [2.75, 3.05) is 43.6 Å². The molecule has 41 heavy (non-hydrogen) atoms. The molecular weight excluding hydrogens is 554 g/mol. The molecule has 0 radical (unpaired) electrons. The van der Waals surface area contributed by atoms with Gasteiger partial charge in [0, 0.05) is 38.0 Å². The molecule has 0 spiro atoms. The lowest BCUT2D eigenvalue weighted by Gasteiger charge is -2.28. The van der Waals surface area contributed by atoms with E-state index in [2.05, 4.69) is 15.3 Å². The van der Waals surface area contributed by atoms with E-state index in [-0.39, 0.29) is 39.5 Å². The number of aryl methyl sites for hydroxylation is 1. The molecule has 0 aliphatic carbocycles. The summed E-state index contributed by atoms with van der Waals surface area (Å²) in [5.41, 5.74) is 6.32. The van der Waals surface area contributed by atoms with E-state index in [0.717, 1.165) is 0 Å². The average molecular weight is 582 g/mol. The second-order valence-electron chi connectivity index (χ2n) is 9.50. The zero-order valence-electron chi connectivity index (χ0n) is 22.6. The number of phenols is 1. The van der Waals surface area contributed by atoms with Crippen molar-refractivity contribution in [1.29, 1.82) is 0 Å². The standard InChI is InChI=1S/C27H28ClN7O6/c1-14-31-26-23(27(39)33(14)2)17(15-8-16(25(29)38)24(37)20(9-15)40-3)12-35(26)13-22(36)32-19-10-21(30-11-18(19)28)34-4-6-41-7-5-34/h8-12,37H,4-7,13H2,1-3H3,(H2,29,38)(H,30,32,36). The third kappa shape index (κ3) is 5.28. The van der Waals surface area contributed by atoms with Gasteiger partial charge >= 0.3 is 0 Å². The number of fused-ring (bicyclic) bond motifs is 1. The predicted molar refractivity (Wildman–Crippen MR) is 153 cm³/mol. The van der Waals surface area contributed by atoms with Crippen LogP contribution < -0.4 is 26.2 Å². The van der Waals surface area contributed by atoms with Crippen LogP contribution >= 0.6 is 11.6 Å². The SMILES string of the molecule is COc1cc(-c2cn(CC(=O)Nc3cc(N4CCOCC4)ncc3Cl)c3nc(C)n(C)c(=O)c23)cc(C(N)=O)c1O. The molecule has 4 aromatic rings. The van der Waals surface area contributed by atoms with E-state index >= 15 is 0 Å². The molecule has 1 aliphatic rings. The molecule has 4 heterocycles. The monoisotopic (exact) mass is 581 g/mol. The fourth-order valence-corrected chi connectivity index (χ4v) is 4.85. The van der Waals surface area contributed by atoms with Gasteiger partial charge in [-0.2, -0.15) is 0 Å². The van der Waals surface area contributed by atoms with Gasteiger partial charge in [0.05, 0.1) is 48.2 Å². The predicted octanol–water partition coefficient (Wildman–Crippen LogP) is 2.05. The van der Waals surface area contributed by atoms with Gasteiger partial charge < -0.3 is 35.1 Å². The van der Waals surface area contributed by atoms with E-state index in [0.29, 0.717) is 54.8 Å². The van der Waals surface area contributed by atoms with Crippen LogP contribution in [0.25, 0.3) is 22.2 Å². The van der Waals surface area contributed by atoms with Gasteiger partial charge in [-0.3, -0.25) is 19.0 Å². The molecule has 214 valence electrons. The number of carbonyl (C=O) groups excluding carboxylic acids is 2. The summed E-state index contributed by atoms with van der Waals surface area (Å²) in [7, 11) is 2.91. The highest BCUT2D eigenvalue weighted by Crippen LogP contribution is 2.37. The number of carbonyl (C=O) groups is 2. The van der Waals surface area contributed by atoms with Crippen molar-refractivity contribution in [2.45, 2.75) is 13.5 Å². The van der Waals surface area contributed by atoms with Crippen LogP contribution in [0.4, 0.5) is 11.5 Å². The summed E-state index contributed by atoms with van der Waals surface area (Å²) in [6, 6.07) is 4.55. The lowest BCUT2D eigenvalue weighted by atomic mass is 10.0. The zero-order valence-corrected chi connectivity index (χ0v) is 23.4. The number of aromatic hydroxyl groups is 1. The summed E-state index contributed by atoms with van der Waals surface area (Å²) in [5, 5.41) is 13.7. The largest absolute Gasteiger partial charge is 0.504 e. The minimum absolute atomic E-state index is 0.00441. The van der Waals surface area contributed by atoms with E-state index in [9.17, 15) is 19.5 Å². The van der Waals surface area contributed by atoms with Crippen molar-refractivity contribution in [1.82, 2.24) is 19.1 Å². The Bertz CT molecular complexity index is 1740. The fourth-order valence-electron chi connectivity index (χ4n) is 4.70. The topological polar surface area (TPSA) is 167 Å². The average Bonchev–Trinajstić information content (AvgIpc) is 3.30. The number of hydrogen-bond donors (Lipinski definition) is 3. The Morgan fingerprint density at radius 1 is 1.24 bits per heavy atom. The molecule has 3 aromatic heterocycles. The van der Waals surface area contributed by atoms with E-state index in [1.54, 1.807) is 26.2 Å². The van der Waals surface area contributed by atoms with Gasteiger partial charge in [0.2, 0.25) is 5.91 Å². The second kappa shape index (κ2) is 11.1. The molecule has 0 bridgehead atoms. The van der Waals surface area contributed by atoms with Crippen molar-refractivity contribution in [2.24, 2.45) is 12.8 Å². The van der Waals surface area contributed by atoms with Crippen LogP contribution in [0.5, 0.6) is 11.5 Å². The van der Waals surface area contributed by atoms with Crippen molar-refractivity contribution < 1.29 is 24.2 Å². The number of primary amides is 1. The van der Waals surface area contributed by atoms with Crippen LogP contribution in [0.15, 0.2) is 35.4 Å². The number of nitrogens with zero attached hydrogens (tertiary/aromatic N) is 5. The number of morpholine rings is 1. The first-order valence-electron chi connectivity index (χ1n) is 12.6. The number of rotatable bonds is 7. The lowest BCUT2D eigenvalue weighted by Crippen LogP contribution is -2.36. The van der Waals surface area contributed by atoms with Crippen LogP contribution in [-0.4, -0.2) is 69.4 Å². The molecule has 2 amide bonds. The Hall–Kier alpha value is -4.62. The van der Waals surface area contributed by atoms with Crippen molar-refractivity contribution in [3.8, 4) is 22.6 Å². The van der Waals surface area contributed by atoms with E-state index < -0.39 is 17.6 Å². The number of nitrogens with two attached hydrogens (primary N) is 1. The first-order chi connectivity index (χ1) is 19.6. The van der Waals surface area contributed by atoms with Gasteiger partial charge in [0.1, 0.15) is 23.8 Å². The molecule has 4 N–H and O–H groups in total. The number of halogens is 1. The van der Waals surface area contributed by atoms with Gasteiger partial charge in [0.25, 0.3) is 11.5 Å². The van der Waals surface area contributed by atoms with Crippen molar-refractivity contribution in [3.63, 3.8) is 0 Å². The van der Waals surface area contributed by atoms with Crippen LogP contribution in [0, 0.1) is 6.92 Å². The molecule has 1 aliphatic heterocycles. The molecule has 13 nitrogen and oxygen atoms in total. The number of ether oxygens (including phenoxy) is 2. The van der Waals surface area contributed by atoms with Gasteiger partial charge in [0.15, 0.2) is 11.5 Å². The number of pyridine rings is 1. The first kappa shape index (κ1) is 27.9. The van der Waals surface area contributed by atoms with Crippen molar-refractivity contribution >= 4 is 46.0 Å². The molecule has 0 unspecified atom stereocenters. The molecule has 1 aromatic carbocycles. The van der Waals surface area contributed by atoms with Crippen LogP contribution in [0.3, 0.4) is 0 Å². The van der Waals surface area contributed by atoms with E-state index in [1.807, 2.05) is 4.90 Å². The summed E-state index contributed by atoms with van der Waals surface area (Å²) in [6.45, 7) is 3.96. The Morgan fingerprint density at radius 2 is 1.98 bits per heavy atom. The Morgan fingerprint density at radius 3 is 2.66 bits per heavy atom. The lowest BCUT2D eigenvalue weighted by molar-refractivity contribution is -0.116. The third-order valence-corrected chi connectivity index (χ3v) is 7.26. The van der Waals surface area contributed by atoms with Gasteiger partial charge in [-0.15, -0.1) is 0 Å². The van der Waals surface area contributed by atoms with Crippen LogP contribution in [0.1, 0.15) is 16.2 Å². The quantitative estimate of drug-likeness (QED) is 0.296. The molecule has 14 heteroatoms.